The lowest BCUT2D eigenvalue weighted by Crippen LogP contribution is -2.08. The fourth-order valence-electron chi connectivity index (χ4n) is 1.87. The van der Waals surface area contributed by atoms with Crippen LogP contribution in [-0.2, 0) is 18.9 Å². The van der Waals surface area contributed by atoms with E-state index in [0.29, 0.717) is 5.56 Å². The number of aryl methyl sites for hydroxylation is 2. The lowest BCUT2D eigenvalue weighted by molar-refractivity contribution is 0.588. The van der Waals surface area contributed by atoms with Gasteiger partial charge in [-0.05, 0) is 43.7 Å². The van der Waals surface area contributed by atoms with Crippen LogP contribution in [0.25, 0.3) is 0 Å². The second-order valence-electron chi connectivity index (χ2n) is 4.70. The van der Waals surface area contributed by atoms with Gasteiger partial charge in [0.2, 0.25) is 9.84 Å². The molecule has 0 bridgehead atoms. The van der Waals surface area contributed by atoms with Crippen molar-refractivity contribution < 1.29 is 16.8 Å². The molecule has 0 aliphatic rings. The van der Waals surface area contributed by atoms with Gasteiger partial charge >= 0.3 is 0 Å². The Kier molecular flexibility index (Phi) is 4.15. The van der Waals surface area contributed by atoms with E-state index in [1.54, 1.807) is 19.1 Å². The molecule has 2 aromatic carbocycles. The molecule has 0 spiro atoms. The summed E-state index contributed by atoms with van der Waals surface area (Å²) in [6.45, 7) is 3.51. The average Bonchev–Trinajstić information content (AvgIpc) is 2.37. The number of halogens is 1. The van der Waals surface area contributed by atoms with Gasteiger partial charge in [-0.15, -0.1) is 0 Å². The molecule has 0 unspecified atom stereocenters. The van der Waals surface area contributed by atoms with Gasteiger partial charge in [-0.2, -0.15) is 0 Å². The van der Waals surface area contributed by atoms with Crippen molar-refractivity contribution in [3.8, 4) is 0 Å². The van der Waals surface area contributed by atoms with Gasteiger partial charge < -0.3 is 0 Å². The average molecular weight is 345 g/mol. The fraction of sp³-hybridized carbons (Fsp3) is 0.143. The van der Waals surface area contributed by atoms with Crippen LogP contribution in [0.2, 0.25) is 0 Å². The molecule has 2 aromatic rings. The van der Waals surface area contributed by atoms with Crippen molar-refractivity contribution in [1.29, 1.82) is 0 Å². The molecule has 2 rings (SSSR count). The fourth-order valence-corrected chi connectivity index (χ4v) is 5.02. The lowest BCUT2D eigenvalue weighted by atomic mass is 10.2. The van der Waals surface area contributed by atoms with E-state index in [4.69, 9.17) is 10.7 Å². The maximum Gasteiger partial charge on any atom is 0.262 e. The Morgan fingerprint density at radius 1 is 0.762 bits per heavy atom. The molecule has 0 aromatic heterocycles. The normalized spacial score (nSPS) is 12.3. The molecule has 0 aliphatic heterocycles. The van der Waals surface area contributed by atoms with Gasteiger partial charge in [0.25, 0.3) is 9.05 Å². The number of hydrogen-bond donors (Lipinski definition) is 0. The van der Waals surface area contributed by atoms with Crippen LogP contribution in [0.5, 0.6) is 0 Å². The smallest absolute Gasteiger partial charge is 0.218 e. The molecule has 0 atom stereocenters. The van der Waals surface area contributed by atoms with Gasteiger partial charge in [0.15, 0.2) is 0 Å². The highest BCUT2D eigenvalue weighted by Crippen LogP contribution is 2.30. The predicted octanol–water partition coefficient (Wildman–Crippen LogP) is 3.06. The quantitative estimate of drug-likeness (QED) is 0.802. The van der Waals surface area contributed by atoms with Crippen LogP contribution in [0.3, 0.4) is 0 Å². The first-order valence-corrected chi connectivity index (χ1v) is 9.79. The number of hydrogen-bond acceptors (Lipinski definition) is 4. The summed E-state index contributed by atoms with van der Waals surface area (Å²) in [6.07, 6.45) is 0. The first-order chi connectivity index (χ1) is 9.62. The topological polar surface area (TPSA) is 68.3 Å². The Hall–Kier alpha value is -1.37. The minimum Gasteiger partial charge on any atom is -0.218 e. The predicted molar refractivity (Wildman–Crippen MR) is 80.8 cm³/mol. The standard InChI is InChI=1S/C14H13ClO4S2/c1-10-3-6-12(7-4-10)20(16,17)14-9-11(2)5-8-13(14)21(15,18)19/h3-9H,1-2H3. The van der Waals surface area contributed by atoms with Gasteiger partial charge in [-0.1, -0.05) is 23.8 Å². The third kappa shape index (κ3) is 3.28. The van der Waals surface area contributed by atoms with Crippen molar-refractivity contribution in [3.63, 3.8) is 0 Å². The highest BCUT2D eigenvalue weighted by molar-refractivity contribution is 8.14. The maximum atomic E-state index is 12.6. The first kappa shape index (κ1) is 16.0. The van der Waals surface area contributed by atoms with Gasteiger partial charge in [0.05, 0.1) is 9.79 Å². The van der Waals surface area contributed by atoms with Gasteiger partial charge in [-0.25, -0.2) is 16.8 Å². The summed E-state index contributed by atoms with van der Waals surface area (Å²) >= 11 is 0. The van der Waals surface area contributed by atoms with Gasteiger partial charge in [-0.3, -0.25) is 0 Å². The molecule has 7 heteroatoms. The van der Waals surface area contributed by atoms with Crippen LogP contribution in [0.15, 0.2) is 57.2 Å². The molecule has 0 saturated heterocycles. The van der Waals surface area contributed by atoms with Crippen LogP contribution in [-0.4, -0.2) is 16.8 Å². The largest absolute Gasteiger partial charge is 0.262 e. The Morgan fingerprint density at radius 2 is 1.29 bits per heavy atom. The van der Waals surface area contributed by atoms with Crippen molar-refractivity contribution in [2.24, 2.45) is 0 Å². The highest BCUT2D eigenvalue weighted by atomic mass is 35.7. The summed E-state index contributed by atoms with van der Waals surface area (Å²) in [6, 6.07) is 10.2. The molecule has 21 heavy (non-hydrogen) atoms. The molecule has 4 nitrogen and oxygen atoms in total. The second kappa shape index (κ2) is 5.44. The molecular formula is C14H13ClO4S2. The van der Waals surface area contributed by atoms with E-state index in [1.165, 1.54) is 30.3 Å². The molecule has 0 amide bonds. The van der Waals surface area contributed by atoms with Crippen LogP contribution >= 0.6 is 10.7 Å². The van der Waals surface area contributed by atoms with E-state index in [1.807, 2.05) is 6.92 Å². The molecule has 0 saturated carbocycles. The van der Waals surface area contributed by atoms with Crippen molar-refractivity contribution >= 4 is 29.6 Å². The minimum atomic E-state index is -4.16. The maximum absolute atomic E-state index is 12.6. The Balaban J connectivity index is 2.76. The molecule has 0 aliphatic carbocycles. The first-order valence-electron chi connectivity index (χ1n) is 5.99. The summed E-state index contributed by atoms with van der Waals surface area (Å²) in [7, 11) is -2.77. The highest BCUT2D eigenvalue weighted by Gasteiger charge is 2.26. The second-order valence-corrected chi connectivity index (χ2v) is 9.16. The molecule has 0 radical (unpaired) electrons. The summed E-state index contributed by atoms with van der Waals surface area (Å²) in [5.41, 5.74) is 1.54. The Morgan fingerprint density at radius 3 is 1.81 bits per heavy atom. The van der Waals surface area contributed by atoms with Crippen molar-refractivity contribution in [1.82, 2.24) is 0 Å². The molecular weight excluding hydrogens is 332 g/mol. The van der Waals surface area contributed by atoms with Crippen molar-refractivity contribution in [2.75, 3.05) is 0 Å². The zero-order valence-electron chi connectivity index (χ0n) is 11.4. The van der Waals surface area contributed by atoms with E-state index in [-0.39, 0.29) is 9.79 Å². The lowest BCUT2D eigenvalue weighted by Gasteiger charge is -2.10. The number of rotatable bonds is 3. The van der Waals surface area contributed by atoms with Crippen LogP contribution in [0.1, 0.15) is 11.1 Å². The zero-order chi connectivity index (χ0) is 15.8. The third-order valence-electron chi connectivity index (χ3n) is 2.98. The van der Waals surface area contributed by atoms with Crippen molar-refractivity contribution in [3.05, 3.63) is 53.6 Å². The Labute approximate surface area is 128 Å². The van der Waals surface area contributed by atoms with Crippen LogP contribution in [0, 0.1) is 13.8 Å². The number of benzene rings is 2. The van der Waals surface area contributed by atoms with E-state index in [2.05, 4.69) is 0 Å². The third-order valence-corrected chi connectivity index (χ3v) is 6.30. The molecule has 0 heterocycles. The van der Waals surface area contributed by atoms with E-state index in [9.17, 15) is 16.8 Å². The molecule has 0 N–H and O–H groups in total. The molecule has 112 valence electrons. The van der Waals surface area contributed by atoms with Gasteiger partial charge in [0, 0.05) is 10.7 Å². The van der Waals surface area contributed by atoms with Gasteiger partial charge in [0.1, 0.15) is 4.90 Å². The van der Waals surface area contributed by atoms with Crippen molar-refractivity contribution in [2.45, 2.75) is 28.5 Å². The molecule has 0 fully saturated rings. The summed E-state index contributed by atoms with van der Waals surface area (Å²) in [4.78, 5) is -0.683. The monoisotopic (exact) mass is 344 g/mol. The summed E-state index contributed by atoms with van der Waals surface area (Å²) < 4.78 is 48.5. The van der Waals surface area contributed by atoms with E-state index in [0.717, 1.165) is 5.56 Å². The SMILES string of the molecule is Cc1ccc(S(=O)(=O)c2cc(C)ccc2S(=O)(=O)Cl)cc1. The minimum absolute atomic E-state index is 0.0280. The van der Waals surface area contributed by atoms with E-state index >= 15 is 0 Å². The zero-order valence-corrected chi connectivity index (χ0v) is 13.8. The summed E-state index contributed by atoms with van der Waals surface area (Å²) in [5.74, 6) is 0. The van der Waals surface area contributed by atoms with E-state index < -0.39 is 23.8 Å². The van der Waals surface area contributed by atoms with Crippen LogP contribution in [0.4, 0.5) is 0 Å². The Bertz CT molecular complexity index is 883. The number of sulfone groups is 1. The van der Waals surface area contributed by atoms with Crippen LogP contribution < -0.4 is 0 Å². The summed E-state index contributed by atoms with van der Waals surface area (Å²) in [5, 5.41) is 0.